The number of benzene rings is 8. The number of rotatable bonds is 11. The second-order valence-electron chi connectivity index (χ2n) is 19.7. The smallest absolute Gasteiger partial charge is 0.180 e. The highest BCUT2D eigenvalue weighted by atomic mass is 28.3. The van der Waals surface area contributed by atoms with Crippen LogP contribution in [-0.4, -0.2) is 20.7 Å². The normalized spacial score (nSPS) is 18.6. The highest BCUT2D eigenvalue weighted by molar-refractivity contribution is 7.19. The average Bonchev–Trinajstić information content (AvgIpc) is 4.16. The number of hydrogen-bond donors (Lipinski definition) is 0. The Kier molecular flexibility index (Phi) is 11.5. The Bertz CT molecular complexity index is 4090. The number of nitriles is 2. The van der Waals surface area contributed by atoms with Gasteiger partial charge >= 0.3 is 0 Å². The van der Waals surface area contributed by atoms with Gasteiger partial charge in [0, 0.05) is 28.0 Å². The predicted octanol–water partition coefficient (Wildman–Crippen LogP) is 13.0. The lowest BCUT2D eigenvalue weighted by atomic mass is 9.89. The largest absolute Gasteiger partial charge is 0.313 e. The SMILES string of the molecule is C=C/C=C\C(=C)[Si]1(c2ccccc2)c2ccccc2-c2cc3c(cc21)c1ccccc1n3/C(=C/C(C#N)=C(\C)C#N)CC1c2ccccc2-c2cc3c(cc21)-c1ccccc1[Si]3(C(/C=C\C)=C/C)c1ccccc1. The summed E-state index contributed by atoms with van der Waals surface area (Å²) in [6, 6.07) is 72.5. The molecule has 0 spiro atoms. The van der Waals surface area contributed by atoms with Gasteiger partial charge in [0.2, 0.25) is 0 Å². The molecule has 1 aliphatic carbocycles. The van der Waals surface area contributed by atoms with E-state index < -0.39 is 16.1 Å². The quantitative estimate of drug-likeness (QED) is 0.0737. The number of allylic oxidation sites excluding steroid dienone is 12. The molecule has 0 radical (unpaired) electrons. The van der Waals surface area contributed by atoms with E-state index in [-0.39, 0.29) is 5.92 Å². The molecule has 12 rings (SSSR count). The second kappa shape index (κ2) is 18.3. The molecule has 0 amide bonds. The van der Waals surface area contributed by atoms with Crippen LogP contribution in [0.5, 0.6) is 0 Å². The molecule has 0 fully saturated rings. The van der Waals surface area contributed by atoms with E-state index in [1.165, 1.54) is 80.8 Å². The molecule has 74 heavy (non-hydrogen) atoms. The molecule has 3 atom stereocenters. The molecule has 352 valence electrons. The van der Waals surface area contributed by atoms with E-state index in [9.17, 15) is 10.5 Å². The van der Waals surface area contributed by atoms with Crippen LogP contribution in [-0.2, 0) is 0 Å². The van der Waals surface area contributed by atoms with E-state index in [1.54, 1.807) is 6.92 Å². The molecule has 1 aromatic heterocycles. The Morgan fingerprint density at radius 2 is 1.16 bits per heavy atom. The van der Waals surface area contributed by atoms with Crippen molar-refractivity contribution in [2.24, 2.45) is 0 Å². The lowest BCUT2D eigenvalue weighted by molar-refractivity contribution is 0.838. The second-order valence-corrected chi connectivity index (χ2v) is 27.2. The van der Waals surface area contributed by atoms with Gasteiger partial charge in [-0.3, -0.25) is 0 Å². The molecule has 0 N–H and O–H groups in total. The molecule has 0 saturated carbocycles. The number of para-hydroxylation sites is 1. The molecule has 3 nitrogen and oxygen atoms in total. The van der Waals surface area contributed by atoms with Gasteiger partial charge in [-0.1, -0.05) is 219 Å². The summed E-state index contributed by atoms with van der Waals surface area (Å²) in [5.41, 5.74) is 13.8. The minimum Gasteiger partial charge on any atom is -0.313 e. The number of hydrogen-bond acceptors (Lipinski definition) is 2. The standard InChI is InChI=1S/C69H53N3Si2/c1-6-9-25-47(5)73(51-26-12-10-13-27-51)66-36-22-19-34-57(66)63-41-65-61(43-68(63)73)55-32-18-21-35-64(55)72(65)49(38-48(45-71)46(4)44-70)39-58-53-30-16-17-31-54(53)60-42-69-62(40-59(58)60)56-33-20-23-37-67(56)74(69,50(8-3)24-7-2)52-28-14-11-15-29-52/h6-38,40-43,58H,1,5,39H2,2-4H3/b24-7-,25-9-,48-46-,49-38+,50-8+. The van der Waals surface area contributed by atoms with Crippen LogP contribution in [0.2, 0.25) is 0 Å². The lowest BCUT2D eigenvalue weighted by Gasteiger charge is -2.32. The van der Waals surface area contributed by atoms with E-state index in [4.69, 9.17) is 6.58 Å². The number of aromatic nitrogens is 1. The molecule has 3 unspecified atom stereocenters. The first kappa shape index (κ1) is 46.2. The van der Waals surface area contributed by atoms with Crippen molar-refractivity contribution in [2.45, 2.75) is 33.1 Å². The van der Waals surface area contributed by atoms with Crippen molar-refractivity contribution in [1.29, 1.82) is 10.5 Å². The van der Waals surface area contributed by atoms with Crippen molar-refractivity contribution in [3.8, 4) is 45.5 Å². The Morgan fingerprint density at radius 1 is 0.568 bits per heavy atom. The van der Waals surface area contributed by atoms with E-state index in [2.05, 4.69) is 243 Å². The van der Waals surface area contributed by atoms with Crippen molar-refractivity contribution in [1.82, 2.24) is 4.57 Å². The van der Waals surface area contributed by atoms with Gasteiger partial charge in [0.05, 0.1) is 22.7 Å². The third kappa shape index (κ3) is 6.61. The first-order valence-corrected chi connectivity index (χ1v) is 29.5. The summed E-state index contributed by atoms with van der Waals surface area (Å²) in [7, 11) is -5.67. The molecular weight excluding hydrogens is 927 g/mol. The summed E-state index contributed by atoms with van der Waals surface area (Å²) in [5, 5.41) is 34.1. The van der Waals surface area contributed by atoms with Crippen LogP contribution in [0.15, 0.2) is 259 Å². The summed E-state index contributed by atoms with van der Waals surface area (Å²) in [6.07, 6.45) is 15.5. The Morgan fingerprint density at radius 3 is 1.82 bits per heavy atom. The molecule has 0 bridgehead atoms. The van der Waals surface area contributed by atoms with E-state index in [1.807, 2.05) is 18.2 Å². The van der Waals surface area contributed by atoms with Crippen LogP contribution in [0.4, 0.5) is 0 Å². The maximum Gasteiger partial charge on any atom is 0.180 e. The summed E-state index contributed by atoms with van der Waals surface area (Å²) in [4.78, 5) is 0. The van der Waals surface area contributed by atoms with Crippen LogP contribution >= 0.6 is 0 Å². The fourth-order valence-corrected chi connectivity index (χ4v) is 23.5. The zero-order valence-electron chi connectivity index (χ0n) is 41.9. The summed E-state index contributed by atoms with van der Waals surface area (Å²) in [6.45, 7) is 15.0. The zero-order chi connectivity index (χ0) is 50.7. The molecule has 0 saturated heterocycles. The van der Waals surface area contributed by atoms with Crippen molar-refractivity contribution in [3.63, 3.8) is 0 Å². The molecule has 3 heterocycles. The van der Waals surface area contributed by atoms with E-state index in [0.29, 0.717) is 17.6 Å². The monoisotopic (exact) mass is 979 g/mol. The van der Waals surface area contributed by atoms with Gasteiger partial charge in [-0.2, -0.15) is 10.5 Å². The van der Waals surface area contributed by atoms with Gasteiger partial charge < -0.3 is 4.57 Å². The Balaban J connectivity index is 1.13. The van der Waals surface area contributed by atoms with Crippen molar-refractivity contribution < 1.29 is 0 Å². The molecular formula is C69H53N3Si2. The van der Waals surface area contributed by atoms with Crippen molar-refractivity contribution in [3.05, 3.63) is 270 Å². The fourth-order valence-electron chi connectivity index (χ4n) is 13.2. The van der Waals surface area contributed by atoms with E-state index >= 15 is 0 Å². The molecule has 8 aromatic carbocycles. The van der Waals surface area contributed by atoms with Crippen LogP contribution in [0.25, 0.3) is 60.9 Å². The molecule has 5 heteroatoms. The van der Waals surface area contributed by atoms with Crippen LogP contribution < -0.4 is 31.1 Å². The van der Waals surface area contributed by atoms with Crippen molar-refractivity contribution in [2.75, 3.05) is 0 Å². The van der Waals surface area contributed by atoms with Gasteiger partial charge in [-0.05, 0) is 132 Å². The van der Waals surface area contributed by atoms with Crippen molar-refractivity contribution >= 4 is 74.8 Å². The lowest BCUT2D eigenvalue weighted by Crippen LogP contribution is -2.66. The van der Waals surface area contributed by atoms with Crippen LogP contribution in [0.1, 0.15) is 44.2 Å². The van der Waals surface area contributed by atoms with Crippen LogP contribution in [0.3, 0.4) is 0 Å². The maximum atomic E-state index is 10.9. The first-order chi connectivity index (χ1) is 36.3. The molecule has 9 aromatic rings. The minimum absolute atomic E-state index is 0.0677. The third-order valence-corrected chi connectivity index (χ3v) is 26.0. The van der Waals surface area contributed by atoms with Gasteiger partial charge in [0.25, 0.3) is 0 Å². The fraction of sp³-hybridized carbons (Fsp3) is 0.0725. The first-order valence-electron chi connectivity index (χ1n) is 25.5. The highest BCUT2D eigenvalue weighted by Crippen LogP contribution is 2.51. The Labute approximate surface area is 436 Å². The van der Waals surface area contributed by atoms with Crippen LogP contribution in [0, 0.1) is 22.7 Å². The summed E-state index contributed by atoms with van der Waals surface area (Å²) in [5.74, 6) is -0.0677. The van der Waals surface area contributed by atoms with Gasteiger partial charge in [0.15, 0.2) is 16.1 Å². The van der Waals surface area contributed by atoms with Gasteiger partial charge in [0.1, 0.15) is 6.07 Å². The topological polar surface area (TPSA) is 52.5 Å². The highest BCUT2D eigenvalue weighted by Gasteiger charge is 2.51. The minimum atomic E-state index is -2.90. The average molecular weight is 980 g/mol. The third-order valence-electron chi connectivity index (χ3n) is 16.2. The molecule has 3 aliphatic rings. The predicted molar refractivity (Wildman–Crippen MR) is 316 cm³/mol. The zero-order valence-corrected chi connectivity index (χ0v) is 43.9. The number of fused-ring (bicyclic) bond motifs is 12. The summed E-state index contributed by atoms with van der Waals surface area (Å²) < 4.78 is 2.40. The maximum absolute atomic E-state index is 10.9. The Hall–Kier alpha value is -8.85. The number of nitrogens with zero attached hydrogens (tertiary/aromatic N) is 3. The molecule has 2 aliphatic heterocycles. The summed E-state index contributed by atoms with van der Waals surface area (Å²) >= 11 is 0. The van der Waals surface area contributed by atoms with Gasteiger partial charge in [-0.15, -0.1) is 0 Å². The van der Waals surface area contributed by atoms with E-state index in [0.717, 1.165) is 32.7 Å². The van der Waals surface area contributed by atoms with Gasteiger partial charge in [-0.25, -0.2) is 0 Å².